The normalized spacial score (nSPS) is 15.2. The number of carbonyl (C=O) groups is 1. The Balaban J connectivity index is 2.14. The zero-order chi connectivity index (χ0) is 12.5. The number of para-hydroxylation sites is 1. The maximum Gasteiger partial charge on any atom is 0.337 e. The highest BCUT2D eigenvalue weighted by molar-refractivity contribution is 6.01. The summed E-state index contributed by atoms with van der Waals surface area (Å²) in [5.74, 6) is -0.319. The van der Waals surface area contributed by atoms with Crippen LogP contribution in [0.4, 0.5) is 5.95 Å². The predicted molar refractivity (Wildman–Crippen MR) is 67.9 cm³/mol. The fraction of sp³-hybridized carbons (Fsp3) is 0.308. The molecule has 1 aliphatic heterocycles. The van der Waals surface area contributed by atoms with E-state index in [0.717, 1.165) is 31.3 Å². The van der Waals surface area contributed by atoms with Gasteiger partial charge in [-0.1, -0.05) is 12.1 Å². The number of aromatic nitrogens is 2. The van der Waals surface area contributed by atoms with Crippen molar-refractivity contribution in [3.63, 3.8) is 0 Å². The molecule has 5 heteroatoms. The molecule has 18 heavy (non-hydrogen) atoms. The van der Waals surface area contributed by atoms with Gasteiger partial charge in [-0.15, -0.1) is 0 Å². The van der Waals surface area contributed by atoms with Crippen LogP contribution >= 0.6 is 0 Å². The minimum Gasteiger partial charge on any atom is -0.478 e. The summed E-state index contributed by atoms with van der Waals surface area (Å²) in [7, 11) is 0. The first kappa shape index (κ1) is 11.0. The van der Waals surface area contributed by atoms with E-state index in [-0.39, 0.29) is 5.56 Å². The second-order valence-electron chi connectivity index (χ2n) is 4.41. The third-order valence-corrected chi connectivity index (χ3v) is 3.22. The third-order valence-electron chi connectivity index (χ3n) is 3.22. The molecule has 1 aliphatic rings. The number of carboxylic acid groups (broad SMARTS) is 1. The minimum atomic E-state index is -0.952. The Bertz CT molecular complexity index is 606. The Morgan fingerprint density at radius 2 is 2.06 bits per heavy atom. The molecule has 0 saturated carbocycles. The van der Waals surface area contributed by atoms with Gasteiger partial charge >= 0.3 is 5.97 Å². The molecule has 0 radical (unpaired) electrons. The van der Waals surface area contributed by atoms with E-state index in [2.05, 4.69) is 14.9 Å². The fourth-order valence-electron chi connectivity index (χ4n) is 2.29. The summed E-state index contributed by atoms with van der Waals surface area (Å²) in [6.07, 6.45) is 3.98. The topological polar surface area (TPSA) is 66.3 Å². The number of hydrogen-bond acceptors (Lipinski definition) is 4. The molecule has 0 unspecified atom stereocenters. The summed E-state index contributed by atoms with van der Waals surface area (Å²) >= 11 is 0. The molecule has 0 spiro atoms. The first-order chi connectivity index (χ1) is 8.75. The van der Waals surface area contributed by atoms with Crippen molar-refractivity contribution in [3.8, 4) is 0 Å². The molecule has 0 amide bonds. The van der Waals surface area contributed by atoms with Gasteiger partial charge in [0.05, 0.1) is 11.1 Å². The number of carboxylic acids is 1. The molecule has 1 fully saturated rings. The molecule has 1 aromatic carbocycles. The Morgan fingerprint density at radius 1 is 1.28 bits per heavy atom. The van der Waals surface area contributed by atoms with Gasteiger partial charge in [-0.3, -0.25) is 0 Å². The van der Waals surface area contributed by atoms with Gasteiger partial charge in [0.1, 0.15) is 0 Å². The number of benzene rings is 1. The van der Waals surface area contributed by atoms with E-state index < -0.39 is 5.97 Å². The zero-order valence-corrected chi connectivity index (χ0v) is 9.83. The number of hydrogen-bond donors (Lipinski definition) is 1. The highest BCUT2D eigenvalue weighted by Crippen LogP contribution is 2.21. The lowest BCUT2D eigenvalue weighted by atomic mass is 10.1. The van der Waals surface area contributed by atoms with Crippen LogP contribution in [-0.4, -0.2) is 34.1 Å². The Morgan fingerprint density at radius 3 is 2.78 bits per heavy atom. The summed E-state index contributed by atoms with van der Waals surface area (Å²) in [4.78, 5) is 22.0. The van der Waals surface area contributed by atoms with E-state index >= 15 is 0 Å². The smallest absolute Gasteiger partial charge is 0.337 e. The summed E-state index contributed by atoms with van der Waals surface area (Å²) in [5.41, 5.74) is 0.747. The maximum atomic E-state index is 11.2. The molecule has 2 heterocycles. The predicted octanol–water partition coefficient (Wildman–Crippen LogP) is 1.93. The quantitative estimate of drug-likeness (QED) is 0.873. The Hall–Kier alpha value is -2.17. The zero-order valence-electron chi connectivity index (χ0n) is 9.83. The number of fused-ring (bicyclic) bond motifs is 1. The average molecular weight is 243 g/mol. The number of nitrogens with zero attached hydrogens (tertiary/aromatic N) is 3. The molecule has 1 aromatic heterocycles. The monoisotopic (exact) mass is 243 g/mol. The van der Waals surface area contributed by atoms with Gasteiger partial charge < -0.3 is 10.0 Å². The number of anilines is 1. The molecule has 1 saturated heterocycles. The van der Waals surface area contributed by atoms with E-state index in [1.807, 2.05) is 6.07 Å². The van der Waals surface area contributed by atoms with Crippen LogP contribution < -0.4 is 4.90 Å². The van der Waals surface area contributed by atoms with Crippen molar-refractivity contribution in [3.05, 3.63) is 30.0 Å². The van der Waals surface area contributed by atoms with Crippen molar-refractivity contribution < 1.29 is 9.90 Å². The lowest BCUT2D eigenvalue weighted by molar-refractivity contribution is 0.0699. The van der Waals surface area contributed by atoms with Crippen LogP contribution in [0.2, 0.25) is 0 Å². The van der Waals surface area contributed by atoms with Crippen LogP contribution in [-0.2, 0) is 0 Å². The van der Waals surface area contributed by atoms with Gasteiger partial charge in [-0.25, -0.2) is 14.8 Å². The maximum absolute atomic E-state index is 11.2. The van der Waals surface area contributed by atoms with Gasteiger partial charge in [0, 0.05) is 24.7 Å². The molecule has 2 aromatic rings. The van der Waals surface area contributed by atoms with Crippen LogP contribution in [0.1, 0.15) is 23.2 Å². The lowest BCUT2D eigenvalue weighted by Gasteiger charge is -2.15. The molecule has 5 nitrogen and oxygen atoms in total. The summed E-state index contributed by atoms with van der Waals surface area (Å²) in [5, 5.41) is 9.93. The van der Waals surface area contributed by atoms with Crippen LogP contribution in [0, 0.1) is 0 Å². The van der Waals surface area contributed by atoms with Crippen LogP contribution in [0.15, 0.2) is 24.4 Å². The second-order valence-corrected chi connectivity index (χ2v) is 4.41. The van der Waals surface area contributed by atoms with Gasteiger partial charge in [0.2, 0.25) is 5.95 Å². The van der Waals surface area contributed by atoms with Crippen molar-refractivity contribution in [2.45, 2.75) is 12.8 Å². The first-order valence-corrected chi connectivity index (χ1v) is 6.00. The van der Waals surface area contributed by atoms with Crippen molar-refractivity contribution in [2.75, 3.05) is 18.0 Å². The number of rotatable bonds is 2. The first-order valence-electron chi connectivity index (χ1n) is 6.00. The highest BCUT2D eigenvalue weighted by atomic mass is 16.4. The summed E-state index contributed by atoms with van der Waals surface area (Å²) < 4.78 is 0. The van der Waals surface area contributed by atoms with E-state index in [1.165, 1.54) is 0 Å². The molecule has 0 aliphatic carbocycles. The molecule has 3 rings (SSSR count). The average Bonchev–Trinajstić information content (AvgIpc) is 2.91. The molecular formula is C13H13N3O2. The van der Waals surface area contributed by atoms with Gasteiger partial charge in [0.15, 0.2) is 0 Å². The standard InChI is InChI=1S/C13H13N3O2/c17-12(18)10-5-3-4-9-8-14-13(15-11(9)10)16-6-1-2-7-16/h3-5,8H,1-2,6-7H2,(H,17,18). The van der Waals surface area contributed by atoms with Crippen molar-refractivity contribution in [2.24, 2.45) is 0 Å². The van der Waals surface area contributed by atoms with Crippen molar-refractivity contribution in [1.82, 2.24) is 9.97 Å². The Labute approximate surface area is 104 Å². The molecular weight excluding hydrogens is 230 g/mol. The van der Waals surface area contributed by atoms with Gasteiger partial charge in [-0.2, -0.15) is 0 Å². The minimum absolute atomic E-state index is 0.232. The van der Waals surface area contributed by atoms with Crippen LogP contribution in [0.3, 0.4) is 0 Å². The third kappa shape index (κ3) is 1.77. The fourth-order valence-corrected chi connectivity index (χ4v) is 2.29. The lowest BCUT2D eigenvalue weighted by Crippen LogP contribution is -2.20. The van der Waals surface area contributed by atoms with Gasteiger partial charge in [-0.05, 0) is 18.9 Å². The second kappa shape index (κ2) is 4.25. The molecule has 0 atom stereocenters. The SMILES string of the molecule is O=C(O)c1cccc2cnc(N3CCCC3)nc12. The van der Waals surface area contributed by atoms with E-state index in [9.17, 15) is 4.79 Å². The molecule has 0 bridgehead atoms. The van der Waals surface area contributed by atoms with Crippen molar-refractivity contribution in [1.29, 1.82) is 0 Å². The van der Waals surface area contributed by atoms with E-state index in [4.69, 9.17) is 5.11 Å². The van der Waals surface area contributed by atoms with Crippen LogP contribution in [0.25, 0.3) is 10.9 Å². The van der Waals surface area contributed by atoms with E-state index in [1.54, 1.807) is 18.3 Å². The largest absolute Gasteiger partial charge is 0.478 e. The van der Waals surface area contributed by atoms with Crippen molar-refractivity contribution >= 4 is 22.8 Å². The highest BCUT2D eigenvalue weighted by Gasteiger charge is 2.17. The summed E-state index contributed by atoms with van der Waals surface area (Å²) in [6, 6.07) is 5.12. The van der Waals surface area contributed by atoms with E-state index in [0.29, 0.717) is 11.5 Å². The molecule has 1 N–H and O–H groups in total. The summed E-state index contributed by atoms with van der Waals surface area (Å²) in [6.45, 7) is 1.89. The molecule has 92 valence electrons. The van der Waals surface area contributed by atoms with Gasteiger partial charge in [0.25, 0.3) is 0 Å². The Kier molecular flexibility index (Phi) is 2.59. The van der Waals surface area contributed by atoms with Crippen LogP contribution in [0.5, 0.6) is 0 Å². The number of aromatic carboxylic acids is 1.